The summed E-state index contributed by atoms with van der Waals surface area (Å²) in [5, 5.41) is 0. The van der Waals surface area contributed by atoms with E-state index in [1.54, 1.807) is 19.2 Å². The average molecular weight is 347 g/mol. The predicted molar refractivity (Wildman–Crippen MR) is 104 cm³/mol. The number of esters is 1. The molecule has 0 bridgehead atoms. The van der Waals surface area contributed by atoms with E-state index in [2.05, 4.69) is 13.5 Å². The van der Waals surface area contributed by atoms with Crippen molar-refractivity contribution in [1.29, 1.82) is 0 Å². The number of carbonyl (C=O) groups is 1. The standard InChI is InChI=1S/C22H34O3/c1-5-7-8-9-10-11-12-13-18(6-2)21(24-3)19-14-16-20(17-15-19)22(23)25-4/h6,14-18,21H,2,5,7-13H2,1,3-4H3. The van der Waals surface area contributed by atoms with Crippen LogP contribution in [0.4, 0.5) is 0 Å². The van der Waals surface area contributed by atoms with Gasteiger partial charge in [-0.2, -0.15) is 0 Å². The first kappa shape index (κ1) is 21.4. The highest BCUT2D eigenvalue weighted by Crippen LogP contribution is 2.31. The molecule has 0 amide bonds. The molecule has 0 saturated carbocycles. The minimum Gasteiger partial charge on any atom is -0.465 e. The fourth-order valence-electron chi connectivity index (χ4n) is 3.21. The first-order chi connectivity index (χ1) is 12.2. The summed E-state index contributed by atoms with van der Waals surface area (Å²) in [6.45, 7) is 6.25. The lowest BCUT2D eigenvalue weighted by Crippen LogP contribution is -2.13. The van der Waals surface area contributed by atoms with Gasteiger partial charge in [-0.1, -0.05) is 70.1 Å². The van der Waals surface area contributed by atoms with Gasteiger partial charge in [0, 0.05) is 13.0 Å². The van der Waals surface area contributed by atoms with E-state index in [4.69, 9.17) is 9.47 Å². The van der Waals surface area contributed by atoms with Gasteiger partial charge in [-0.3, -0.25) is 0 Å². The Hall–Kier alpha value is -1.61. The Labute approximate surface area is 153 Å². The fourth-order valence-corrected chi connectivity index (χ4v) is 3.21. The van der Waals surface area contributed by atoms with Crippen LogP contribution in [0.5, 0.6) is 0 Å². The Kier molecular flexibility index (Phi) is 10.9. The largest absolute Gasteiger partial charge is 0.465 e. The summed E-state index contributed by atoms with van der Waals surface area (Å²) in [4.78, 5) is 11.6. The third kappa shape index (κ3) is 7.43. The van der Waals surface area contributed by atoms with Crippen LogP contribution in [-0.2, 0) is 9.47 Å². The van der Waals surface area contributed by atoms with Gasteiger partial charge in [0.05, 0.1) is 18.8 Å². The van der Waals surface area contributed by atoms with Gasteiger partial charge in [0.25, 0.3) is 0 Å². The number of hydrogen-bond donors (Lipinski definition) is 0. The Bertz CT molecular complexity index is 492. The molecular formula is C22H34O3. The highest BCUT2D eigenvalue weighted by Gasteiger charge is 2.20. The van der Waals surface area contributed by atoms with Crippen molar-refractivity contribution in [3.8, 4) is 0 Å². The molecule has 3 heteroatoms. The average Bonchev–Trinajstić information content (AvgIpc) is 2.66. The third-order valence-corrected chi connectivity index (χ3v) is 4.75. The summed E-state index contributed by atoms with van der Waals surface area (Å²) >= 11 is 0. The van der Waals surface area contributed by atoms with Gasteiger partial charge in [-0.15, -0.1) is 6.58 Å². The Morgan fingerprint density at radius 2 is 1.64 bits per heavy atom. The van der Waals surface area contributed by atoms with Crippen LogP contribution < -0.4 is 0 Å². The highest BCUT2D eigenvalue weighted by molar-refractivity contribution is 5.89. The quantitative estimate of drug-likeness (QED) is 0.246. The number of carbonyl (C=O) groups excluding carboxylic acids is 1. The van der Waals surface area contributed by atoms with E-state index in [1.807, 2.05) is 18.2 Å². The zero-order valence-electron chi connectivity index (χ0n) is 16.1. The second-order valence-corrected chi connectivity index (χ2v) is 6.58. The lowest BCUT2D eigenvalue weighted by Gasteiger charge is -2.24. The van der Waals surface area contributed by atoms with E-state index < -0.39 is 0 Å². The molecule has 3 nitrogen and oxygen atoms in total. The number of ether oxygens (including phenoxy) is 2. The number of rotatable bonds is 13. The molecule has 0 aliphatic rings. The van der Waals surface area contributed by atoms with Crippen LogP contribution in [-0.4, -0.2) is 20.2 Å². The zero-order valence-corrected chi connectivity index (χ0v) is 16.1. The second kappa shape index (κ2) is 12.7. The minimum absolute atomic E-state index is 0.0238. The molecule has 0 fully saturated rings. The molecule has 0 heterocycles. The van der Waals surface area contributed by atoms with E-state index in [9.17, 15) is 4.79 Å². The lowest BCUT2D eigenvalue weighted by atomic mass is 9.90. The van der Waals surface area contributed by atoms with E-state index in [0.717, 1.165) is 12.0 Å². The molecule has 0 saturated heterocycles. The smallest absolute Gasteiger partial charge is 0.337 e. The summed E-state index contributed by atoms with van der Waals surface area (Å²) < 4.78 is 10.5. The number of unbranched alkanes of at least 4 members (excludes halogenated alkanes) is 6. The Balaban J connectivity index is 2.54. The monoisotopic (exact) mass is 346 g/mol. The van der Waals surface area contributed by atoms with Crippen LogP contribution in [0.25, 0.3) is 0 Å². The van der Waals surface area contributed by atoms with Crippen LogP contribution in [0.2, 0.25) is 0 Å². The van der Waals surface area contributed by atoms with Crippen molar-refractivity contribution < 1.29 is 14.3 Å². The van der Waals surface area contributed by atoms with E-state index in [-0.39, 0.29) is 18.0 Å². The van der Waals surface area contributed by atoms with Crippen molar-refractivity contribution in [2.24, 2.45) is 5.92 Å². The molecule has 2 atom stereocenters. The van der Waals surface area contributed by atoms with Crippen LogP contribution in [0.1, 0.15) is 80.3 Å². The summed E-state index contributed by atoms with van der Waals surface area (Å²) in [6.07, 6.45) is 12.2. The topological polar surface area (TPSA) is 35.5 Å². The summed E-state index contributed by atoms with van der Waals surface area (Å²) in [7, 11) is 3.13. The molecule has 25 heavy (non-hydrogen) atoms. The molecule has 1 aromatic rings. The first-order valence-corrected chi connectivity index (χ1v) is 9.51. The normalized spacial score (nSPS) is 13.2. The number of benzene rings is 1. The molecule has 1 rings (SSSR count). The van der Waals surface area contributed by atoms with Crippen LogP contribution in [0, 0.1) is 5.92 Å². The summed E-state index contributed by atoms with van der Waals surface area (Å²) in [6, 6.07) is 7.48. The van der Waals surface area contributed by atoms with Gasteiger partial charge in [-0.05, 0) is 24.1 Å². The fraction of sp³-hybridized carbons (Fsp3) is 0.591. The van der Waals surface area contributed by atoms with Gasteiger partial charge in [0.1, 0.15) is 0 Å². The van der Waals surface area contributed by atoms with E-state index in [0.29, 0.717) is 5.56 Å². The van der Waals surface area contributed by atoms with Crippen molar-refractivity contribution in [3.63, 3.8) is 0 Å². The van der Waals surface area contributed by atoms with Crippen LogP contribution >= 0.6 is 0 Å². The summed E-state index contributed by atoms with van der Waals surface area (Å²) in [5.41, 5.74) is 1.63. The van der Waals surface area contributed by atoms with Crippen molar-refractivity contribution in [2.75, 3.05) is 14.2 Å². The van der Waals surface area contributed by atoms with Gasteiger partial charge in [0.2, 0.25) is 0 Å². The molecule has 140 valence electrons. The second-order valence-electron chi connectivity index (χ2n) is 6.58. The van der Waals surface area contributed by atoms with Gasteiger partial charge >= 0.3 is 5.97 Å². The maximum Gasteiger partial charge on any atom is 0.337 e. The maximum atomic E-state index is 11.6. The molecule has 0 aliphatic heterocycles. The van der Waals surface area contributed by atoms with Crippen LogP contribution in [0.3, 0.4) is 0 Å². The van der Waals surface area contributed by atoms with E-state index >= 15 is 0 Å². The number of hydrogen-bond acceptors (Lipinski definition) is 3. The molecule has 0 spiro atoms. The molecule has 2 unspecified atom stereocenters. The zero-order chi connectivity index (χ0) is 18.5. The van der Waals surface area contributed by atoms with Gasteiger partial charge in [-0.25, -0.2) is 4.79 Å². The lowest BCUT2D eigenvalue weighted by molar-refractivity contribution is 0.0597. The van der Waals surface area contributed by atoms with Gasteiger partial charge in [0.15, 0.2) is 0 Å². The SMILES string of the molecule is C=CC(CCCCCCCCC)C(OC)c1ccc(C(=O)OC)cc1. The van der Waals surface area contributed by atoms with Crippen molar-refractivity contribution in [2.45, 2.75) is 64.4 Å². The van der Waals surface area contributed by atoms with Gasteiger partial charge < -0.3 is 9.47 Å². The molecular weight excluding hydrogens is 312 g/mol. The van der Waals surface area contributed by atoms with Crippen molar-refractivity contribution >= 4 is 5.97 Å². The molecule has 0 N–H and O–H groups in total. The van der Waals surface area contributed by atoms with Crippen molar-refractivity contribution in [3.05, 3.63) is 48.0 Å². The molecule has 0 radical (unpaired) electrons. The molecule has 0 aromatic heterocycles. The van der Waals surface area contributed by atoms with Crippen LogP contribution in [0.15, 0.2) is 36.9 Å². The number of methoxy groups -OCH3 is 2. The first-order valence-electron chi connectivity index (χ1n) is 9.51. The Morgan fingerprint density at radius 1 is 1.04 bits per heavy atom. The van der Waals surface area contributed by atoms with Crippen molar-refractivity contribution in [1.82, 2.24) is 0 Å². The third-order valence-electron chi connectivity index (χ3n) is 4.75. The summed E-state index contributed by atoms with van der Waals surface area (Å²) in [5.74, 6) is -0.0338. The predicted octanol–water partition coefficient (Wildman–Crippen LogP) is 6.10. The maximum absolute atomic E-state index is 11.6. The molecule has 0 aliphatic carbocycles. The van der Waals surface area contributed by atoms with E-state index in [1.165, 1.54) is 52.1 Å². The highest BCUT2D eigenvalue weighted by atomic mass is 16.5. The Morgan fingerprint density at radius 3 is 2.16 bits per heavy atom. The molecule has 1 aromatic carbocycles. The minimum atomic E-state index is -0.316.